The summed E-state index contributed by atoms with van der Waals surface area (Å²) in [7, 11) is 1.66. The molecule has 8 heteroatoms. The second-order valence-corrected chi connectivity index (χ2v) is 5.11. The van der Waals surface area contributed by atoms with Crippen LogP contribution < -0.4 is 10.6 Å². The van der Waals surface area contributed by atoms with Crippen molar-refractivity contribution in [1.29, 1.82) is 0 Å². The van der Waals surface area contributed by atoms with E-state index in [0.717, 1.165) is 17.0 Å². The lowest BCUT2D eigenvalue weighted by Gasteiger charge is -2.11. The van der Waals surface area contributed by atoms with Crippen molar-refractivity contribution >= 4 is 29.9 Å². The average Bonchev–Trinajstić information content (AvgIpc) is 2.87. The van der Waals surface area contributed by atoms with E-state index in [4.69, 9.17) is 9.52 Å². The van der Waals surface area contributed by atoms with Gasteiger partial charge >= 0.3 is 0 Å². The molecule has 0 saturated carbocycles. The molecule has 3 N–H and O–H groups in total. The van der Waals surface area contributed by atoms with Gasteiger partial charge in [-0.2, -0.15) is 0 Å². The predicted molar refractivity (Wildman–Crippen MR) is 101 cm³/mol. The number of benzene rings is 1. The summed E-state index contributed by atoms with van der Waals surface area (Å²) >= 11 is 0. The van der Waals surface area contributed by atoms with Gasteiger partial charge in [-0.1, -0.05) is 6.07 Å². The summed E-state index contributed by atoms with van der Waals surface area (Å²) in [6.45, 7) is 4.31. The van der Waals surface area contributed by atoms with Crippen LogP contribution in [0.3, 0.4) is 0 Å². The van der Waals surface area contributed by atoms with E-state index >= 15 is 0 Å². The largest absolute Gasteiger partial charge is 0.444 e. The van der Waals surface area contributed by atoms with E-state index in [1.54, 1.807) is 19.2 Å². The maximum Gasteiger partial charge on any atom is 0.214 e. The van der Waals surface area contributed by atoms with Gasteiger partial charge in [-0.3, -0.25) is 4.99 Å². The maximum atomic E-state index is 13.3. The van der Waals surface area contributed by atoms with E-state index in [1.165, 1.54) is 6.07 Å². The van der Waals surface area contributed by atoms with Crippen molar-refractivity contribution < 1.29 is 13.9 Å². The number of aliphatic imine (C=N–C) groups is 1. The minimum Gasteiger partial charge on any atom is -0.444 e. The number of nitrogens with one attached hydrogen (secondary N) is 2. The van der Waals surface area contributed by atoms with Gasteiger partial charge in [0.2, 0.25) is 5.89 Å². The molecule has 0 spiro atoms. The van der Waals surface area contributed by atoms with E-state index in [-0.39, 0.29) is 36.1 Å². The van der Waals surface area contributed by atoms with Crippen LogP contribution in [-0.2, 0) is 19.7 Å². The van der Waals surface area contributed by atoms with Gasteiger partial charge in [-0.25, -0.2) is 9.37 Å². The zero-order chi connectivity index (χ0) is 16.8. The molecule has 0 aliphatic heterocycles. The number of aryl methyl sites for hydroxylation is 2. The SMILES string of the molecule is CN=C(NCc1ccc(F)c(CO)c1)NCc1nc(C)c(C)o1.I. The van der Waals surface area contributed by atoms with Gasteiger partial charge in [0.1, 0.15) is 11.6 Å². The second kappa shape index (κ2) is 9.58. The average molecular weight is 448 g/mol. The quantitative estimate of drug-likeness (QED) is 0.372. The van der Waals surface area contributed by atoms with E-state index in [0.29, 0.717) is 24.9 Å². The number of hydrogen-bond acceptors (Lipinski definition) is 4. The fourth-order valence-corrected chi connectivity index (χ4v) is 2.04. The molecule has 6 nitrogen and oxygen atoms in total. The number of oxazole rings is 1. The standard InChI is InChI=1S/C16H21FN4O2.HI/c1-10-11(2)23-15(21-10)8-20-16(18-3)19-7-12-4-5-14(17)13(6-12)9-22;/h4-6,22H,7-9H2,1-3H3,(H2,18,19,20);1H. The van der Waals surface area contributed by atoms with Crippen LogP contribution in [0.25, 0.3) is 0 Å². The van der Waals surface area contributed by atoms with Crippen molar-refractivity contribution in [2.24, 2.45) is 4.99 Å². The van der Waals surface area contributed by atoms with Gasteiger partial charge in [-0.05, 0) is 31.5 Å². The van der Waals surface area contributed by atoms with E-state index in [2.05, 4.69) is 20.6 Å². The lowest BCUT2D eigenvalue weighted by Crippen LogP contribution is -2.36. The first-order valence-corrected chi connectivity index (χ1v) is 7.29. The molecular weight excluding hydrogens is 426 g/mol. The predicted octanol–water partition coefficient (Wildman–Crippen LogP) is 2.41. The van der Waals surface area contributed by atoms with Gasteiger partial charge < -0.3 is 20.2 Å². The Morgan fingerprint density at radius 1 is 1.29 bits per heavy atom. The molecule has 0 aliphatic rings. The molecule has 2 aromatic rings. The van der Waals surface area contributed by atoms with Gasteiger partial charge in [0.15, 0.2) is 5.96 Å². The molecule has 0 fully saturated rings. The number of halogens is 2. The normalized spacial score (nSPS) is 11.1. The number of aliphatic hydroxyl groups excluding tert-OH is 1. The molecule has 1 heterocycles. The van der Waals surface area contributed by atoms with Crippen LogP contribution in [0.15, 0.2) is 27.6 Å². The molecule has 132 valence electrons. The third-order valence-electron chi connectivity index (χ3n) is 3.44. The molecule has 0 radical (unpaired) electrons. The Labute approximate surface area is 157 Å². The zero-order valence-corrected chi connectivity index (χ0v) is 16.2. The van der Waals surface area contributed by atoms with Crippen LogP contribution >= 0.6 is 24.0 Å². The minimum absolute atomic E-state index is 0. The van der Waals surface area contributed by atoms with Crippen molar-refractivity contribution in [1.82, 2.24) is 15.6 Å². The Bertz CT molecular complexity index is 684. The number of rotatable bonds is 5. The fourth-order valence-electron chi connectivity index (χ4n) is 2.04. The van der Waals surface area contributed by atoms with Crippen molar-refractivity contribution in [3.63, 3.8) is 0 Å². The Morgan fingerprint density at radius 2 is 2.00 bits per heavy atom. The molecule has 0 saturated heterocycles. The summed E-state index contributed by atoms with van der Waals surface area (Å²) in [5.74, 6) is 1.56. The Balaban J connectivity index is 0.00000288. The third kappa shape index (κ3) is 5.45. The molecular formula is C16H22FIN4O2. The van der Waals surface area contributed by atoms with Crippen molar-refractivity contribution in [3.8, 4) is 0 Å². The topological polar surface area (TPSA) is 82.7 Å². The lowest BCUT2D eigenvalue weighted by molar-refractivity contribution is 0.275. The molecule has 0 unspecified atom stereocenters. The van der Waals surface area contributed by atoms with Crippen LogP contribution in [0.2, 0.25) is 0 Å². The first-order chi connectivity index (χ1) is 11.0. The van der Waals surface area contributed by atoms with E-state index in [9.17, 15) is 4.39 Å². The molecule has 0 aliphatic carbocycles. The van der Waals surface area contributed by atoms with Crippen LogP contribution in [0, 0.1) is 19.7 Å². The van der Waals surface area contributed by atoms with Crippen LogP contribution in [-0.4, -0.2) is 23.1 Å². The molecule has 2 rings (SSSR count). The van der Waals surface area contributed by atoms with Crippen molar-refractivity contribution in [3.05, 3.63) is 52.5 Å². The van der Waals surface area contributed by atoms with E-state index < -0.39 is 5.82 Å². The molecule has 0 amide bonds. The van der Waals surface area contributed by atoms with Crippen molar-refractivity contribution in [2.75, 3.05) is 7.05 Å². The Hall–Kier alpha value is -1.68. The number of hydrogen-bond donors (Lipinski definition) is 3. The number of aliphatic hydroxyl groups is 1. The molecule has 1 aromatic heterocycles. The second-order valence-electron chi connectivity index (χ2n) is 5.11. The zero-order valence-electron chi connectivity index (χ0n) is 13.9. The molecule has 1 aromatic carbocycles. The minimum atomic E-state index is -0.409. The first-order valence-electron chi connectivity index (χ1n) is 7.29. The molecule has 0 atom stereocenters. The number of nitrogens with zero attached hydrogens (tertiary/aromatic N) is 2. The Kier molecular flexibility index (Phi) is 8.13. The summed E-state index contributed by atoms with van der Waals surface area (Å²) in [6, 6.07) is 4.63. The molecule has 24 heavy (non-hydrogen) atoms. The fraction of sp³-hybridized carbons (Fsp3) is 0.375. The van der Waals surface area contributed by atoms with Crippen LogP contribution in [0.5, 0.6) is 0 Å². The highest BCUT2D eigenvalue weighted by molar-refractivity contribution is 14.0. The highest BCUT2D eigenvalue weighted by Gasteiger charge is 2.07. The number of guanidine groups is 1. The highest BCUT2D eigenvalue weighted by Crippen LogP contribution is 2.10. The summed E-state index contributed by atoms with van der Waals surface area (Å²) in [5, 5.41) is 15.3. The molecule has 0 bridgehead atoms. The Morgan fingerprint density at radius 3 is 2.58 bits per heavy atom. The first kappa shape index (κ1) is 20.4. The summed E-state index contributed by atoms with van der Waals surface area (Å²) in [4.78, 5) is 8.39. The van der Waals surface area contributed by atoms with Crippen molar-refractivity contribution in [2.45, 2.75) is 33.5 Å². The monoisotopic (exact) mass is 448 g/mol. The third-order valence-corrected chi connectivity index (χ3v) is 3.44. The van der Waals surface area contributed by atoms with Crippen LogP contribution in [0.4, 0.5) is 4.39 Å². The number of aromatic nitrogens is 1. The van der Waals surface area contributed by atoms with Crippen LogP contribution in [0.1, 0.15) is 28.5 Å². The maximum absolute atomic E-state index is 13.3. The van der Waals surface area contributed by atoms with Gasteiger partial charge in [0.25, 0.3) is 0 Å². The summed E-state index contributed by atoms with van der Waals surface area (Å²) in [5.41, 5.74) is 1.99. The smallest absolute Gasteiger partial charge is 0.214 e. The van der Waals surface area contributed by atoms with Gasteiger partial charge in [0, 0.05) is 19.2 Å². The van der Waals surface area contributed by atoms with E-state index in [1.807, 2.05) is 13.8 Å². The summed E-state index contributed by atoms with van der Waals surface area (Å²) in [6.07, 6.45) is 0. The highest BCUT2D eigenvalue weighted by atomic mass is 127. The summed E-state index contributed by atoms with van der Waals surface area (Å²) < 4.78 is 18.8. The van der Waals surface area contributed by atoms with Gasteiger partial charge in [-0.15, -0.1) is 24.0 Å². The van der Waals surface area contributed by atoms with Gasteiger partial charge in [0.05, 0.1) is 18.8 Å². The lowest BCUT2D eigenvalue weighted by atomic mass is 10.1.